The molecule has 0 bridgehead atoms. The average molecular weight is 161 g/mol. The number of nitrogens with zero attached hydrogens (tertiary/aromatic N) is 1. The third-order valence-electron chi connectivity index (χ3n) is 2.05. The number of aromatic nitrogens is 2. The van der Waals surface area contributed by atoms with Gasteiger partial charge in [-0.2, -0.15) is 5.10 Å². The van der Waals surface area contributed by atoms with Gasteiger partial charge in [-0.1, -0.05) is 6.07 Å². The molecule has 2 aromatic rings. The van der Waals surface area contributed by atoms with Crippen LogP contribution in [0.15, 0.2) is 18.2 Å². The summed E-state index contributed by atoms with van der Waals surface area (Å²) >= 11 is 0. The van der Waals surface area contributed by atoms with Gasteiger partial charge < -0.3 is 5.73 Å². The molecule has 3 heteroatoms. The van der Waals surface area contributed by atoms with E-state index in [1.54, 1.807) is 0 Å². The molecule has 0 atom stereocenters. The number of hydrogen-bond acceptors (Lipinski definition) is 2. The van der Waals surface area contributed by atoms with Gasteiger partial charge in [0.05, 0.1) is 11.2 Å². The molecular weight excluding hydrogens is 150 g/mol. The van der Waals surface area contributed by atoms with Gasteiger partial charge in [0.2, 0.25) is 0 Å². The molecule has 1 aromatic carbocycles. The van der Waals surface area contributed by atoms with Crippen LogP contribution in [0.25, 0.3) is 10.9 Å². The zero-order valence-corrected chi connectivity index (χ0v) is 6.96. The molecule has 0 unspecified atom stereocenters. The van der Waals surface area contributed by atoms with E-state index in [9.17, 15) is 0 Å². The second-order valence-electron chi connectivity index (χ2n) is 2.89. The molecule has 0 amide bonds. The lowest BCUT2D eigenvalue weighted by atomic mass is 10.1. The minimum atomic E-state index is 0.584. The van der Waals surface area contributed by atoms with Gasteiger partial charge >= 0.3 is 0 Å². The fourth-order valence-corrected chi connectivity index (χ4v) is 1.32. The van der Waals surface area contributed by atoms with Crippen LogP contribution in [-0.2, 0) is 6.54 Å². The van der Waals surface area contributed by atoms with Crippen LogP contribution < -0.4 is 5.73 Å². The van der Waals surface area contributed by atoms with Crippen LogP contribution in [0.4, 0.5) is 0 Å². The zero-order chi connectivity index (χ0) is 8.55. The molecule has 0 saturated heterocycles. The Morgan fingerprint density at radius 1 is 1.50 bits per heavy atom. The van der Waals surface area contributed by atoms with Crippen molar-refractivity contribution in [3.05, 3.63) is 29.5 Å². The molecule has 0 saturated carbocycles. The fraction of sp³-hybridized carbons (Fsp3) is 0.222. The molecular formula is C9H11N3. The van der Waals surface area contributed by atoms with Gasteiger partial charge in [-0.25, -0.2) is 0 Å². The first kappa shape index (κ1) is 7.31. The molecule has 3 nitrogen and oxygen atoms in total. The first-order valence-corrected chi connectivity index (χ1v) is 3.95. The summed E-state index contributed by atoms with van der Waals surface area (Å²) in [5.74, 6) is 0. The SMILES string of the molecule is Cc1n[nH]c2ccc(CN)cc12. The average Bonchev–Trinajstić information content (AvgIpc) is 2.47. The Morgan fingerprint density at radius 2 is 2.33 bits per heavy atom. The van der Waals surface area contributed by atoms with Gasteiger partial charge in [0.15, 0.2) is 0 Å². The van der Waals surface area contributed by atoms with Crippen molar-refractivity contribution in [2.45, 2.75) is 13.5 Å². The van der Waals surface area contributed by atoms with Crippen LogP contribution in [-0.4, -0.2) is 10.2 Å². The Balaban J connectivity index is 2.71. The van der Waals surface area contributed by atoms with E-state index in [2.05, 4.69) is 16.3 Å². The van der Waals surface area contributed by atoms with Gasteiger partial charge in [-0.15, -0.1) is 0 Å². The van der Waals surface area contributed by atoms with Crippen LogP contribution in [0.1, 0.15) is 11.3 Å². The van der Waals surface area contributed by atoms with E-state index in [1.165, 1.54) is 0 Å². The summed E-state index contributed by atoms with van der Waals surface area (Å²) in [4.78, 5) is 0. The summed E-state index contributed by atoms with van der Waals surface area (Å²) in [5, 5.41) is 8.22. The fourth-order valence-electron chi connectivity index (χ4n) is 1.32. The van der Waals surface area contributed by atoms with E-state index in [0.29, 0.717) is 6.54 Å². The normalized spacial score (nSPS) is 10.8. The molecule has 0 radical (unpaired) electrons. The lowest BCUT2D eigenvalue weighted by Crippen LogP contribution is -1.95. The molecule has 1 heterocycles. The predicted octanol–water partition coefficient (Wildman–Crippen LogP) is 1.33. The number of hydrogen-bond donors (Lipinski definition) is 2. The van der Waals surface area contributed by atoms with Gasteiger partial charge in [0.25, 0.3) is 0 Å². The Labute approximate surface area is 70.6 Å². The van der Waals surface area contributed by atoms with E-state index >= 15 is 0 Å². The quantitative estimate of drug-likeness (QED) is 0.663. The van der Waals surface area contributed by atoms with Crippen molar-refractivity contribution < 1.29 is 0 Å². The van der Waals surface area contributed by atoms with Crippen molar-refractivity contribution in [1.29, 1.82) is 0 Å². The maximum atomic E-state index is 5.53. The van der Waals surface area contributed by atoms with Crippen molar-refractivity contribution in [2.24, 2.45) is 5.73 Å². The summed E-state index contributed by atoms with van der Waals surface area (Å²) in [7, 11) is 0. The second-order valence-corrected chi connectivity index (χ2v) is 2.89. The number of nitrogens with one attached hydrogen (secondary N) is 1. The summed E-state index contributed by atoms with van der Waals surface area (Å²) in [6.45, 7) is 2.57. The molecule has 12 heavy (non-hydrogen) atoms. The van der Waals surface area contributed by atoms with Crippen molar-refractivity contribution in [3.8, 4) is 0 Å². The number of nitrogens with two attached hydrogens (primary N) is 1. The summed E-state index contributed by atoms with van der Waals surface area (Å²) in [6.07, 6.45) is 0. The minimum absolute atomic E-state index is 0.584. The van der Waals surface area contributed by atoms with E-state index in [0.717, 1.165) is 22.2 Å². The third kappa shape index (κ3) is 0.987. The van der Waals surface area contributed by atoms with E-state index < -0.39 is 0 Å². The number of rotatable bonds is 1. The number of aromatic amines is 1. The van der Waals surface area contributed by atoms with Crippen LogP contribution >= 0.6 is 0 Å². The second kappa shape index (κ2) is 2.60. The summed E-state index contributed by atoms with van der Waals surface area (Å²) in [5.41, 5.74) is 8.78. The molecule has 0 aliphatic carbocycles. The summed E-state index contributed by atoms with van der Waals surface area (Å²) in [6, 6.07) is 6.10. The molecule has 2 rings (SSSR count). The Morgan fingerprint density at radius 3 is 3.08 bits per heavy atom. The van der Waals surface area contributed by atoms with Crippen molar-refractivity contribution in [2.75, 3.05) is 0 Å². The van der Waals surface area contributed by atoms with Gasteiger partial charge in [0.1, 0.15) is 0 Å². The minimum Gasteiger partial charge on any atom is -0.326 e. The highest BCUT2D eigenvalue weighted by molar-refractivity contribution is 5.81. The zero-order valence-electron chi connectivity index (χ0n) is 6.96. The van der Waals surface area contributed by atoms with E-state index in [-0.39, 0.29) is 0 Å². The lowest BCUT2D eigenvalue weighted by molar-refractivity contribution is 1.07. The highest BCUT2D eigenvalue weighted by Crippen LogP contribution is 2.16. The topological polar surface area (TPSA) is 54.7 Å². The first-order valence-electron chi connectivity index (χ1n) is 3.95. The van der Waals surface area contributed by atoms with Gasteiger partial charge in [0, 0.05) is 11.9 Å². The van der Waals surface area contributed by atoms with E-state index in [1.807, 2.05) is 19.1 Å². The number of benzene rings is 1. The summed E-state index contributed by atoms with van der Waals surface area (Å²) < 4.78 is 0. The van der Waals surface area contributed by atoms with Crippen LogP contribution in [0.3, 0.4) is 0 Å². The Kier molecular flexibility index (Phi) is 1.59. The van der Waals surface area contributed by atoms with Crippen molar-refractivity contribution in [3.63, 3.8) is 0 Å². The maximum Gasteiger partial charge on any atom is 0.0670 e. The molecule has 0 fully saturated rings. The maximum absolute atomic E-state index is 5.53. The van der Waals surface area contributed by atoms with E-state index in [4.69, 9.17) is 5.73 Å². The highest BCUT2D eigenvalue weighted by atomic mass is 15.1. The molecule has 0 spiro atoms. The lowest BCUT2D eigenvalue weighted by Gasteiger charge is -1.95. The van der Waals surface area contributed by atoms with Crippen LogP contribution in [0.2, 0.25) is 0 Å². The molecule has 0 aliphatic rings. The first-order chi connectivity index (χ1) is 5.81. The highest BCUT2D eigenvalue weighted by Gasteiger charge is 2.00. The standard InChI is InChI=1S/C9H11N3/c1-6-8-4-7(5-10)2-3-9(8)12-11-6/h2-4H,5,10H2,1H3,(H,11,12). The predicted molar refractivity (Wildman–Crippen MR) is 48.7 cm³/mol. The largest absolute Gasteiger partial charge is 0.326 e. The molecule has 62 valence electrons. The van der Waals surface area contributed by atoms with Gasteiger partial charge in [-0.3, -0.25) is 5.10 Å². The molecule has 0 aliphatic heterocycles. The third-order valence-corrected chi connectivity index (χ3v) is 2.05. The Hall–Kier alpha value is -1.35. The van der Waals surface area contributed by atoms with Crippen LogP contribution in [0.5, 0.6) is 0 Å². The number of H-pyrrole nitrogens is 1. The Bertz CT molecular complexity index is 403. The monoisotopic (exact) mass is 161 g/mol. The number of fused-ring (bicyclic) bond motifs is 1. The van der Waals surface area contributed by atoms with Gasteiger partial charge in [-0.05, 0) is 24.6 Å². The van der Waals surface area contributed by atoms with Crippen molar-refractivity contribution >= 4 is 10.9 Å². The smallest absolute Gasteiger partial charge is 0.0670 e. The van der Waals surface area contributed by atoms with Crippen LogP contribution in [0, 0.1) is 6.92 Å². The molecule has 3 N–H and O–H groups in total. The molecule has 1 aromatic heterocycles. The number of aryl methyl sites for hydroxylation is 1. The van der Waals surface area contributed by atoms with Crippen molar-refractivity contribution in [1.82, 2.24) is 10.2 Å².